The van der Waals surface area contributed by atoms with Gasteiger partial charge in [-0.1, -0.05) is 36.8 Å². The van der Waals surface area contributed by atoms with Crippen molar-refractivity contribution < 1.29 is 4.74 Å². The number of methoxy groups -OCH3 is 1. The van der Waals surface area contributed by atoms with E-state index in [2.05, 4.69) is 46.3 Å². The number of nitrogens with zero attached hydrogens (tertiary/aromatic N) is 2. The minimum Gasteiger partial charge on any atom is -0.497 e. The lowest BCUT2D eigenvalue weighted by molar-refractivity contribution is 0.163. The van der Waals surface area contributed by atoms with Gasteiger partial charge in [0.05, 0.1) is 18.8 Å². The summed E-state index contributed by atoms with van der Waals surface area (Å²) in [5.74, 6) is 0.897. The Morgan fingerprint density at radius 3 is 2.78 bits per heavy atom. The van der Waals surface area contributed by atoms with E-state index in [-0.39, 0.29) is 0 Å². The zero-order valence-corrected chi connectivity index (χ0v) is 13.7. The van der Waals surface area contributed by atoms with E-state index in [9.17, 15) is 0 Å². The van der Waals surface area contributed by atoms with Crippen molar-refractivity contribution in [3.8, 4) is 5.75 Å². The predicted octanol–water partition coefficient (Wildman–Crippen LogP) is 4.33. The number of piperidine rings is 1. The molecular formula is C20H24N2O. The number of benzene rings is 1. The Morgan fingerprint density at radius 2 is 2.04 bits per heavy atom. The molecule has 2 aromatic rings. The van der Waals surface area contributed by atoms with Crippen LogP contribution in [0.1, 0.15) is 36.6 Å². The first-order valence-corrected chi connectivity index (χ1v) is 8.32. The van der Waals surface area contributed by atoms with Gasteiger partial charge >= 0.3 is 0 Å². The molecule has 0 saturated carbocycles. The third-order valence-corrected chi connectivity index (χ3v) is 4.41. The lowest BCUT2D eigenvalue weighted by atomic mass is 9.99. The zero-order valence-electron chi connectivity index (χ0n) is 13.7. The maximum atomic E-state index is 5.19. The number of pyridine rings is 1. The first kappa shape index (κ1) is 15.8. The van der Waals surface area contributed by atoms with Crippen LogP contribution in [0.15, 0.2) is 54.7 Å². The number of likely N-dealkylation sites (tertiary alicyclic amines) is 1. The summed E-state index contributed by atoms with van der Waals surface area (Å²) in [5.41, 5.74) is 2.40. The van der Waals surface area contributed by atoms with Gasteiger partial charge in [-0.05, 0) is 49.2 Å². The first-order chi connectivity index (χ1) is 11.4. The Hall–Kier alpha value is -2.13. The van der Waals surface area contributed by atoms with Crippen molar-refractivity contribution in [2.75, 3.05) is 20.2 Å². The van der Waals surface area contributed by atoms with E-state index in [4.69, 9.17) is 4.74 Å². The van der Waals surface area contributed by atoms with Gasteiger partial charge in [0.1, 0.15) is 5.75 Å². The van der Waals surface area contributed by atoms with Crippen LogP contribution < -0.4 is 4.74 Å². The third-order valence-electron chi connectivity index (χ3n) is 4.41. The van der Waals surface area contributed by atoms with Crippen LogP contribution in [0.5, 0.6) is 5.75 Å². The molecule has 0 aliphatic carbocycles. The molecule has 1 aliphatic rings. The molecule has 1 aliphatic heterocycles. The molecule has 3 nitrogen and oxygen atoms in total. The second kappa shape index (κ2) is 7.93. The summed E-state index contributed by atoms with van der Waals surface area (Å²) in [4.78, 5) is 7.09. The topological polar surface area (TPSA) is 25.4 Å². The van der Waals surface area contributed by atoms with Crippen molar-refractivity contribution in [2.45, 2.75) is 25.3 Å². The summed E-state index contributed by atoms with van der Waals surface area (Å²) in [6.07, 6.45) is 10.1. The normalized spacial score (nSPS) is 19.1. The lowest BCUT2D eigenvalue weighted by Crippen LogP contribution is -2.33. The molecule has 0 radical (unpaired) electrons. The number of hydrogen-bond donors (Lipinski definition) is 0. The second-order valence-electron chi connectivity index (χ2n) is 5.94. The van der Waals surface area contributed by atoms with Crippen LogP contribution in [0, 0.1) is 0 Å². The Balaban J connectivity index is 1.63. The summed E-state index contributed by atoms with van der Waals surface area (Å²) in [5, 5.41) is 0. The lowest BCUT2D eigenvalue weighted by Gasteiger charge is -2.34. The van der Waals surface area contributed by atoms with Crippen LogP contribution in [0.4, 0.5) is 0 Å². The minimum absolute atomic E-state index is 0.450. The Labute approximate surface area is 138 Å². The van der Waals surface area contributed by atoms with Crippen LogP contribution in [0.2, 0.25) is 0 Å². The fourth-order valence-electron chi connectivity index (χ4n) is 3.16. The summed E-state index contributed by atoms with van der Waals surface area (Å²) in [7, 11) is 1.69. The van der Waals surface area contributed by atoms with Gasteiger partial charge in [0.25, 0.3) is 0 Å². The molecular weight excluding hydrogens is 284 g/mol. The van der Waals surface area contributed by atoms with Crippen molar-refractivity contribution in [1.29, 1.82) is 0 Å². The van der Waals surface area contributed by atoms with E-state index in [1.807, 2.05) is 24.4 Å². The molecule has 1 fully saturated rings. The Morgan fingerprint density at radius 1 is 1.17 bits per heavy atom. The monoisotopic (exact) mass is 308 g/mol. The minimum atomic E-state index is 0.450. The fourth-order valence-corrected chi connectivity index (χ4v) is 3.16. The molecule has 2 heterocycles. The molecule has 1 aromatic carbocycles. The van der Waals surface area contributed by atoms with E-state index >= 15 is 0 Å². The van der Waals surface area contributed by atoms with E-state index in [1.54, 1.807) is 7.11 Å². The predicted molar refractivity (Wildman–Crippen MR) is 94.4 cm³/mol. The molecule has 0 N–H and O–H groups in total. The first-order valence-electron chi connectivity index (χ1n) is 8.32. The zero-order chi connectivity index (χ0) is 15.9. The van der Waals surface area contributed by atoms with Gasteiger partial charge in [0, 0.05) is 12.7 Å². The largest absolute Gasteiger partial charge is 0.497 e. The fraction of sp³-hybridized carbons (Fsp3) is 0.350. The van der Waals surface area contributed by atoms with E-state index in [0.717, 1.165) is 18.8 Å². The average Bonchev–Trinajstić information content (AvgIpc) is 2.63. The van der Waals surface area contributed by atoms with Crippen LogP contribution in [-0.4, -0.2) is 30.1 Å². The van der Waals surface area contributed by atoms with Gasteiger partial charge in [-0.15, -0.1) is 0 Å². The van der Waals surface area contributed by atoms with E-state index < -0.39 is 0 Å². The third kappa shape index (κ3) is 4.20. The van der Waals surface area contributed by atoms with Gasteiger partial charge in [0.2, 0.25) is 0 Å². The Bertz CT molecular complexity index is 622. The molecule has 1 saturated heterocycles. The summed E-state index contributed by atoms with van der Waals surface area (Å²) < 4.78 is 5.19. The molecule has 1 unspecified atom stereocenters. The summed E-state index contributed by atoms with van der Waals surface area (Å²) >= 11 is 0. The highest BCUT2D eigenvalue weighted by molar-refractivity contribution is 5.50. The van der Waals surface area contributed by atoms with Crippen molar-refractivity contribution in [3.63, 3.8) is 0 Å². The molecule has 3 rings (SSSR count). The molecule has 1 aromatic heterocycles. The smallest absolute Gasteiger partial charge is 0.118 e. The van der Waals surface area contributed by atoms with E-state index in [1.165, 1.54) is 30.5 Å². The Kier molecular flexibility index (Phi) is 5.43. The average molecular weight is 308 g/mol. The second-order valence-corrected chi connectivity index (χ2v) is 5.94. The quantitative estimate of drug-likeness (QED) is 0.822. The maximum Gasteiger partial charge on any atom is 0.118 e. The van der Waals surface area contributed by atoms with Gasteiger partial charge < -0.3 is 4.74 Å². The van der Waals surface area contributed by atoms with Crippen molar-refractivity contribution in [1.82, 2.24) is 9.88 Å². The summed E-state index contributed by atoms with van der Waals surface area (Å²) in [6, 6.07) is 14.8. The van der Waals surface area contributed by atoms with E-state index in [0.29, 0.717) is 6.04 Å². The van der Waals surface area contributed by atoms with Crippen LogP contribution in [-0.2, 0) is 0 Å². The molecule has 3 heteroatoms. The van der Waals surface area contributed by atoms with Crippen molar-refractivity contribution >= 4 is 6.08 Å². The molecule has 0 bridgehead atoms. The highest BCUT2D eigenvalue weighted by Crippen LogP contribution is 2.29. The number of hydrogen-bond acceptors (Lipinski definition) is 3. The molecule has 120 valence electrons. The molecule has 1 atom stereocenters. The van der Waals surface area contributed by atoms with Crippen LogP contribution >= 0.6 is 0 Å². The standard InChI is InChI=1S/C20H24N2O/c1-23-18-12-10-17(11-13-18)7-6-16-22-15-5-3-9-20(22)19-8-2-4-14-21-19/h2,4,6-8,10-14,20H,3,5,9,15-16H2,1H3/b7-6+. The van der Waals surface area contributed by atoms with Gasteiger partial charge in [0.15, 0.2) is 0 Å². The van der Waals surface area contributed by atoms with Crippen LogP contribution in [0.25, 0.3) is 6.08 Å². The summed E-state index contributed by atoms with van der Waals surface area (Å²) in [6.45, 7) is 2.11. The highest BCUT2D eigenvalue weighted by Gasteiger charge is 2.23. The van der Waals surface area contributed by atoms with Gasteiger partial charge in [-0.25, -0.2) is 0 Å². The van der Waals surface area contributed by atoms with Crippen molar-refractivity contribution in [3.05, 3.63) is 66.0 Å². The molecule has 0 spiro atoms. The number of rotatable bonds is 5. The molecule has 0 amide bonds. The highest BCUT2D eigenvalue weighted by atomic mass is 16.5. The molecule has 23 heavy (non-hydrogen) atoms. The number of aromatic nitrogens is 1. The SMILES string of the molecule is COc1ccc(/C=C/CN2CCCCC2c2ccccn2)cc1. The van der Waals surface area contributed by atoms with Crippen molar-refractivity contribution in [2.24, 2.45) is 0 Å². The van der Waals surface area contributed by atoms with Crippen LogP contribution in [0.3, 0.4) is 0 Å². The maximum absolute atomic E-state index is 5.19. The van der Waals surface area contributed by atoms with Gasteiger partial charge in [-0.2, -0.15) is 0 Å². The number of ether oxygens (including phenoxy) is 1. The van der Waals surface area contributed by atoms with Gasteiger partial charge in [-0.3, -0.25) is 9.88 Å².